The fourth-order valence-electron chi connectivity index (χ4n) is 3.21. The van der Waals surface area contributed by atoms with E-state index in [1.165, 1.54) is 48.5 Å². The van der Waals surface area contributed by atoms with Crippen molar-refractivity contribution in [2.45, 2.75) is 0 Å². The minimum atomic E-state index is -1.56. The number of aromatic carboxylic acids is 1. The summed E-state index contributed by atoms with van der Waals surface area (Å²) in [7, 11) is 0. The molecule has 11 heteroatoms. The number of hydrogen-bond donors (Lipinski definition) is 2. The van der Waals surface area contributed by atoms with Crippen LogP contribution in [0.15, 0.2) is 60.7 Å². The molecule has 4 aromatic rings. The first-order valence-electron chi connectivity index (χ1n) is 10.1. The van der Waals surface area contributed by atoms with Crippen LogP contribution in [0.1, 0.15) is 10.5 Å². The molecule has 35 heavy (non-hydrogen) atoms. The molecule has 2 N–H and O–H groups in total. The van der Waals surface area contributed by atoms with Gasteiger partial charge in [-0.2, -0.15) is 0 Å². The van der Waals surface area contributed by atoms with Crippen molar-refractivity contribution in [3.8, 4) is 17.4 Å². The maximum absolute atomic E-state index is 13.7. The SMILES string of the molecule is O=C(O)Oc1cc(OC/C=C/COc2cc(C(=O)O)nc3ccc(F)cc23)c2cc(F)ccc2n1. The van der Waals surface area contributed by atoms with Gasteiger partial charge in [-0.25, -0.2) is 28.3 Å². The molecule has 0 amide bonds. The van der Waals surface area contributed by atoms with Gasteiger partial charge in [-0.15, -0.1) is 0 Å². The Morgan fingerprint density at radius 3 is 1.89 bits per heavy atom. The minimum Gasteiger partial charge on any atom is -0.489 e. The first-order valence-corrected chi connectivity index (χ1v) is 10.1. The monoisotopic (exact) mass is 482 g/mol. The summed E-state index contributed by atoms with van der Waals surface area (Å²) in [4.78, 5) is 30.1. The van der Waals surface area contributed by atoms with E-state index in [9.17, 15) is 23.5 Å². The van der Waals surface area contributed by atoms with Crippen LogP contribution in [0.3, 0.4) is 0 Å². The third-order valence-corrected chi connectivity index (χ3v) is 4.69. The van der Waals surface area contributed by atoms with Crippen molar-refractivity contribution in [2.75, 3.05) is 13.2 Å². The highest BCUT2D eigenvalue weighted by molar-refractivity contribution is 5.93. The lowest BCUT2D eigenvalue weighted by Gasteiger charge is -2.10. The molecule has 0 aliphatic heterocycles. The van der Waals surface area contributed by atoms with Crippen LogP contribution < -0.4 is 14.2 Å². The number of carboxylic acids is 1. The average Bonchev–Trinajstić information content (AvgIpc) is 2.81. The van der Waals surface area contributed by atoms with Crippen LogP contribution in [0.4, 0.5) is 13.6 Å². The lowest BCUT2D eigenvalue weighted by Crippen LogP contribution is -2.05. The zero-order valence-corrected chi connectivity index (χ0v) is 17.8. The van der Waals surface area contributed by atoms with Crippen molar-refractivity contribution in [3.63, 3.8) is 0 Å². The highest BCUT2D eigenvalue weighted by Crippen LogP contribution is 2.30. The molecule has 0 radical (unpaired) electrons. The van der Waals surface area contributed by atoms with Crippen molar-refractivity contribution < 1.29 is 42.8 Å². The maximum atomic E-state index is 13.7. The van der Waals surface area contributed by atoms with E-state index in [0.717, 1.165) is 0 Å². The number of carboxylic acid groups (broad SMARTS) is 2. The molecular formula is C24H16F2N2O7. The number of ether oxygens (including phenoxy) is 3. The summed E-state index contributed by atoms with van der Waals surface area (Å²) >= 11 is 0. The average molecular weight is 482 g/mol. The summed E-state index contributed by atoms with van der Waals surface area (Å²) in [6.45, 7) is -0.00522. The Morgan fingerprint density at radius 2 is 1.34 bits per heavy atom. The van der Waals surface area contributed by atoms with E-state index in [1.807, 2.05) is 0 Å². The quantitative estimate of drug-likeness (QED) is 0.268. The van der Waals surface area contributed by atoms with E-state index in [0.29, 0.717) is 10.8 Å². The summed E-state index contributed by atoms with van der Waals surface area (Å²) in [5.74, 6) is -2.24. The Balaban J connectivity index is 1.46. The van der Waals surface area contributed by atoms with E-state index in [2.05, 4.69) is 14.7 Å². The molecule has 178 valence electrons. The second-order valence-corrected chi connectivity index (χ2v) is 7.05. The highest BCUT2D eigenvalue weighted by atomic mass is 19.1. The number of halogens is 2. The van der Waals surface area contributed by atoms with Gasteiger partial charge in [0.25, 0.3) is 0 Å². The topological polar surface area (TPSA) is 128 Å². The summed E-state index contributed by atoms with van der Waals surface area (Å²) < 4.78 is 43.2. The van der Waals surface area contributed by atoms with Crippen molar-refractivity contribution in [1.29, 1.82) is 0 Å². The van der Waals surface area contributed by atoms with Crippen LogP contribution >= 0.6 is 0 Å². The van der Waals surface area contributed by atoms with Crippen LogP contribution in [0.25, 0.3) is 21.8 Å². The standard InChI is InChI=1S/C24H16F2N2O7/c25-13-3-5-17-15(9-13)20(11-19(27-17)23(29)30)33-7-1-2-8-34-21-12-22(35-24(31)32)28-18-6-4-14(26)10-16(18)21/h1-6,9-12H,7-8H2,(H,29,30)(H,31,32)/b2-1+. The Bertz CT molecular complexity index is 1470. The summed E-state index contributed by atoms with van der Waals surface area (Å²) in [5.41, 5.74) is 0.297. The predicted octanol–water partition coefficient (Wildman–Crippen LogP) is 4.83. The van der Waals surface area contributed by atoms with E-state index in [1.54, 1.807) is 12.2 Å². The summed E-state index contributed by atoms with van der Waals surface area (Å²) in [6.07, 6.45) is 1.59. The minimum absolute atomic E-state index is 0.00239. The fourth-order valence-corrected chi connectivity index (χ4v) is 3.21. The zero-order chi connectivity index (χ0) is 24.9. The van der Waals surface area contributed by atoms with Crippen LogP contribution in [0.5, 0.6) is 17.4 Å². The number of benzene rings is 2. The van der Waals surface area contributed by atoms with Crippen LogP contribution in [-0.2, 0) is 0 Å². The second kappa shape index (κ2) is 10.00. The Labute approximate surface area is 195 Å². The van der Waals surface area contributed by atoms with Gasteiger partial charge >= 0.3 is 12.1 Å². The lowest BCUT2D eigenvalue weighted by atomic mass is 10.1. The van der Waals surface area contributed by atoms with Gasteiger partial charge in [-0.3, -0.25) is 0 Å². The van der Waals surface area contributed by atoms with Crippen LogP contribution in [0.2, 0.25) is 0 Å². The number of fused-ring (bicyclic) bond motifs is 2. The highest BCUT2D eigenvalue weighted by Gasteiger charge is 2.13. The molecule has 0 fully saturated rings. The van der Waals surface area contributed by atoms with Crippen molar-refractivity contribution in [1.82, 2.24) is 9.97 Å². The molecule has 0 aliphatic rings. The Morgan fingerprint density at radius 1 is 0.800 bits per heavy atom. The van der Waals surface area contributed by atoms with E-state index >= 15 is 0 Å². The number of nitrogens with zero attached hydrogens (tertiary/aromatic N) is 2. The molecule has 0 saturated carbocycles. The van der Waals surface area contributed by atoms with Gasteiger partial charge in [0.05, 0.1) is 11.0 Å². The van der Waals surface area contributed by atoms with Crippen LogP contribution in [0, 0.1) is 11.6 Å². The molecule has 0 atom stereocenters. The Hall–Kier alpha value is -4.80. The van der Waals surface area contributed by atoms with Crippen molar-refractivity contribution in [2.24, 2.45) is 0 Å². The van der Waals surface area contributed by atoms with Gasteiger partial charge in [0.2, 0.25) is 5.88 Å². The third kappa shape index (κ3) is 5.58. The predicted molar refractivity (Wildman–Crippen MR) is 119 cm³/mol. The largest absolute Gasteiger partial charge is 0.512 e. The molecule has 2 heterocycles. The summed E-state index contributed by atoms with van der Waals surface area (Å²) in [6, 6.07) is 9.89. The molecule has 4 rings (SSSR count). The zero-order valence-electron chi connectivity index (χ0n) is 17.8. The molecule has 2 aromatic carbocycles. The smallest absolute Gasteiger partial charge is 0.489 e. The molecule has 0 bridgehead atoms. The van der Waals surface area contributed by atoms with Gasteiger partial charge in [0.15, 0.2) is 5.69 Å². The molecular weight excluding hydrogens is 466 g/mol. The third-order valence-electron chi connectivity index (χ3n) is 4.69. The number of hydrogen-bond acceptors (Lipinski definition) is 7. The molecule has 0 unspecified atom stereocenters. The van der Waals surface area contributed by atoms with Crippen LogP contribution in [-0.4, -0.2) is 45.5 Å². The second-order valence-electron chi connectivity index (χ2n) is 7.05. The van der Waals surface area contributed by atoms with Gasteiger partial charge in [0, 0.05) is 22.9 Å². The Kier molecular flexibility index (Phi) is 6.67. The van der Waals surface area contributed by atoms with Crippen molar-refractivity contribution in [3.05, 3.63) is 78.0 Å². The molecule has 0 aliphatic carbocycles. The van der Waals surface area contributed by atoms with Gasteiger partial charge in [0.1, 0.15) is 36.3 Å². The van der Waals surface area contributed by atoms with Gasteiger partial charge < -0.3 is 24.4 Å². The van der Waals surface area contributed by atoms with E-state index < -0.39 is 23.8 Å². The number of rotatable bonds is 8. The number of carbonyl (C=O) groups is 2. The number of pyridine rings is 2. The molecule has 0 saturated heterocycles. The summed E-state index contributed by atoms with van der Waals surface area (Å²) in [5, 5.41) is 18.7. The molecule has 9 nitrogen and oxygen atoms in total. The van der Waals surface area contributed by atoms with Gasteiger partial charge in [-0.05, 0) is 48.6 Å². The van der Waals surface area contributed by atoms with E-state index in [-0.39, 0.29) is 47.3 Å². The first kappa shape index (κ1) is 23.4. The van der Waals surface area contributed by atoms with Gasteiger partial charge in [-0.1, -0.05) is 0 Å². The lowest BCUT2D eigenvalue weighted by molar-refractivity contribution is 0.0690. The van der Waals surface area contributed by atoms with Crippen molar-refractivity contribution >= 4 is 33.9 Å². The molecule has 2 aromatic heterocycles. The maximum Gasteiger partial charge on any atom is 0.512 e. The van der Waals surface area contributed by atoms with E-state index in [4.69, 9.17) is 14.6 Å². The first-order chi connectivity index (χ1) is 16.8. The molecule has 0 spiro atoms. The number of aromatic nitrogens is 2. The fraction of sp³-hybridized carbons (Fsp3) is 0.0833. The normalized spacial score (nSPS) is 11.1.